The van der Waals surface area contributed by atoms with Crippen molar-refractivity contribution >= 4 is 17.8 Å². The van der Waals surface area contributed by atoms with Crippen molar-refractivity contribution in [2.24, 2.45) is 4.99 Å². The highest BCUT2D eigenvalue weighted by Gasteiger charge is 2.36. The number of hydrogen-bond acceptors (Lipinski definition) is 5. The second kappa shape index (κ2) is 4.43. The van der Waals surface area contributed by atoms with Gasteiger partial charge in [0, 0.05) is 26.7 Å². The molecule has 1 saturated heterocycles. The summed E-state index contributed by atoms with van der Waals surface area (Å²) >= 11 is 0. The number of aliphatic imine (C=N–C) groups is 1. The highest BCUT2D eigenvalue weighted by molar-refractivity contribution is 5.69. The van der Waals surface area contributed by atoms with Crippen molar-refractivity contribution in [2.45, 2.75) is 12.5 Å². The van der Waals surface area contributed by atoms with E-state index in [1.165, 1.54) is 0 Å². The van der Waals surface area contributed by atoms with Crippen molar-refractivity contribution < 1.29 is 4.74 Å². The van der Waals surface area contributed by atoms with Gasteiger partial charge in [0.15, 0.2) is 17.3 Å². The zero-order chi connectivity index (χ0) is 13.4. The van der Waals surface area contributed by atoms with Gasteiger partial charge in [-0.2, -0.15) is 5.26 Å². The van der Waals surface area contributed by atoms with E-state index >= 15 is 0 Å². The minimum absolute atomic E-state index is 0.341. The van der Waals surface area contributed by atoms with Gasteiger partial charge in [-0.1, -0.05) is 0 Å². The molecule has 0 aromatic carbocycles. The molecule has 0 unspecified atom stereocenters. The van der Waals surface area contributed by atoms with Crippen LogP contribution in [0.25, 0.3) is 0 Å². The summed E-state index contributed by atoms with van der Waals surface area (Å²) in [4.78, 5) is 12.7. The third-order valence-corrected chi connectivity index (χ3v) is 3.33. The summed E-state index contributed by atoms with van der Waals surface area (Å²) in [6.07, 6.45) is 2.78. The standard InChI is InChI=1S/C13H15N5O/c1-17(2)8-15-10-5-12-13(16-11(10)6-14)18-4-3-9(18)7-19-12/h5,8-9H,3-4,7H2,1-2H3/t9-/m0/s1. The molecular formula is C13H15N5O. The summed E-state index contributed by atoms with van der Waals surface area (Å²) in [5.41, 5.74) is 0.891. The largest absolute Gasteiger partial charge is 0.487 e. The zero-order valence-electron chi connectivity index (χ0n) is 11.0. The van der Waals surface area contributed by atoms with Gasteiger partial charge in [0.05, 0.1) is 12.4 Å². The van der Waals surface area contributed by atoms with Crippen LogP contribution in [0.15, 0.2) is 11.1 Å². The van der Waals surface area contributed by atoms with Crippen LogP contribution >= 0.6 is 0 Å². The summed E-state index contributed by atoms with van der Waals surface area (Å²) in [7, 11) is 3.76. The fraction of sp³-hybridized carbons (Fsp3) is 0.462. The first-order chi connectivity index (χ1) is 9.19. The zero-order valence-corrected chi connectivity index (χ0v) is 11.0. The maximum absolute atomic E-state index is 9.20. The Labute approximate surface area is 111 Å². The number of anilines is 1. The van der Waals surface area contributed by atoms with Crippen molar-refractivity contribution in [3.05, 3.63) is 11.8 Å². The van der Waals surface area contributed by atoms with Crippen LogP contribution < -0.4 is 9.64 Å². The van der Waals surface area contributed by atoms with Crippen LogP contribution in [-0.4, -0.2) is 49.5 Å². The predicted octanol–water partition coefficient (Wildman–Crippen LogP) is 1.15. The highest BCUT2D eigenvalue weighted by Crippen LogP contribution is 2.40. The normalized spacial score (nSPS) is 20.1. The molecule has 1 aromatic heterocycles. The topological polar surface area (TPSA) is 64.8 Å². The Kier molecular flexibility index (Phi) is 2.75. The van der Waals surface area contributed by atoms with Crippen molar-refractivity contribution in [2.75, 3.05) is 32.1 Å². The monoisotopic (exact) mass is 257 g/mol. The van der Waals surface area contributed by atoms with Crippen LogP contribution in [0.3, 0.4) is 0 Å². The number of ether oxygens (including phenoxy) is 1. The molecule has 0 amide bonds. The van der Waals surface area contributed by atoms with Gasteiger partial charge in [-0.3, -0.25) is 0 Å². The number of pyridine rings is 1. The second-order valence-corrected chi connectivity index (χ2v) is 4.94. The lowest BCUT2D eigenvalue weighted by molar-refractivity contribution is 0.221. The quantitative estimate of drug-likeness (QED) is 0.587. The molecule has 98 valence electrons. The average molecular weight is 257 g/mol. The van der Waals surface area contributed by atoms with Gasteiger partial charge < -0.3 is 14.5 Å². The minimum Gasteiger partial charge on any atom is -0.487 e. The van der Waals surface area contributed by atoms with Crippen LogP contribution in [0, 0.1) is 11.3 Å². The predicted molar refractivity (Wildman–Crippen MR) is 72.0 cm³/mol. The molecule has 0 aliphatic carbocycles. The van der Waals surface area contributed by atoms with E-state index in [1.54, 1.807) is 12.4 Å². The lowest BCUT2D eigenvalue weighted by Crippen LogP contribution is -2.54. The summed E-state index contributed by atoms with van der Waals surface area (Å²) in [6.45, 7) is 1.68. The number of aromatic nitrogens is 1. The van der Waals surface area contributed by atoms with Gasteiger partial charge in [-0.15, -0.1) is 0 Å². The number of rotatable bonds is 2. The molecule has 0 radical (unpaired) electrons. The summed E-state index contributed by atoms with van der Waals surface area (Å²) in [5.74, 6) is 1.50. The molecule has 2 aliphatic heterocycles. The molecule has 19 heavy (non-hydrogen) atoms. The first kappa shape index (κ1) is 11.8. The van der Waals surface area contributed by atoms with Crippen LogP contribution in [0.2, 0.25) is 0 Å². The first-order valence-corrected chi connectivity index (χ1v) is 6.24. The maximum Gasteiger partial charge on any atom is 0.173 e. The lowest BCUT2D eigenvalue weighted by Gasteiger charge is -2.45. The number of fused-ring (bicyclic) bond motifs is 3. The lowest BCUT2D eigenvalue weighted by atomic mass is 10.0. The molecule has 1 fully saturated rings. The summed E-state index contributed by atoms with van der Waals surface area (Å²) in [6, 6.07) is 4.32. The van der Waals surface area contributed by atoms with E-state index in [0.29, 0.717) is 24.0 Å². The Morgan fingerprint density at radius 2 is 2.47 bits per heavy atom. The van der Waals surface area contributed by atoms with Crippen molar-refractivity contribution in [1.82, 2.24) is 9.88 Å². The van der Waals surface area contributed by atoms with E-state index in [0.717, 1.165) is 24.5 Å². The molecule has 6 heteroatoms. The van der Waals surface area contributed by atoms with Gasteiger partial charge in [-0.25, -0.2) is 9.98 Å². The van der Waals surface area contributed by atoms with E-state index in [4.69, 9.17) is 4.74 Å². The van der Waals surface area contributed by atoms with Crippen molar-refractivity contribution in [1.29, 1.82) is 5.26 Å². The molecular weight excluding hydrogens is 242 g/mol. The summed E-state index contributed by atoms with van der Waals surface area (Å²) in [5, 5.41) is 9.20. The fourth-order valence-corrected chi connectivity index (χ4v) is 2.22. The molecule has 3 rings (SSSR count). The number of hydrogen-bond donors (Lipinski definition) is 0. The number of nitrogens with zero attached hydrogens (tertiary/aromatic N) is 5. The Bertz CT molecular complexity index is 575. The van der Waals surface area contributed by atoms with Crippen molar-refractivity contribution in [3.63, 3.8) is 0 Å². The van der Waals surface area contributed by atoms with Crippen LogP contribution in [-0.2, 0) is 0 Å². The number of nitriles is 1. The van der Waals surface area contributed by atoms with E-state index < -0.39 is 0 Å². The van der Waals surface area contributed by atoms with E-state index in [1.807, 2.05) is 19.0 Å². The smallest absolute Gasteiger partial charge is 0.173 e. The summed E-state index contributed by atoms with van der Waals surface area (Å²) < 4.78 is 5.70. The van der Waals surface area contributed by atoms with E-state index in [2.05, 4.69) is 20.9 Å². The van der Waals surface area contributed by atoms with Crippen LogP contribution in [0.4, 0.5) is 11.5 Å². The Hall–Kier alpha value is -2.29. The van der Waals surface area contributed by atoms with Gasteiger partial charge in [0.2, 0.25) is 0 Å². The third-order valence-electron chi connectivity index (χ3n) is 3.33. The molecule has 0 bridgehead atoms. The molecule has 0 spiro atoms. The Morgan fingerprint density at radius 3 is 3.11 bits per heavy atom. The van der Waals surface area contributed by atoms with Gasteiger partial charge in [0.25, 0.3) is 0 Å². The molecule has 1 aromatic rings. The molecule has 1 atom stereocenters. The highest BCUT2D eigenvalue weighted by atomic mass is 16.5. The fourth-order valence-electron chi connectivity index (χ4n) is 2.22. The molecule has 0 saturated carbocycles. The molecule has 3 heterocycles. The van der Waals surface area contributed by atoms with Gasteiger partial charge in [0.1, 0.15) is 18.4 Å². The van der Waals surface area contributed by atoms with Crippen LogP contribution in [0.1, 0.15) is 12.1 Å². The third kappa shape index (κ3) is 1.97. The Balaban J connectivity index is 2.01. The van der Waals surface area contributed by atoms with Gasteiger partial charge in [-0.05, 0) is 6.42 Å². The molecule has 0 N–H and O–H groups in total. The van der Waals surface area contributed by atoms with Gasteiger partial charge >= 0.3 is 0 Å². The van der Waals surface area contributed by atoms with Crippen molar-refractivity contribution in [3.8, 4) is 11.8 Å². The van der Waals surface area contributed by atoms with E-state index in [9.17, 15) is 5.26 Å². The molecule has 2 aliphatic rings. The first-order valence-electron chi connectivity index (χ1n) is 6.24. The van der Waals surface area contributed by atoms with E-state index in [-0.39, 0.29) is 0 Å². The Morgan fingerprint density at radius 1 is 1.63 bits per heavy atom. The maximum atomic E-state index is 9.20. The molecule has 6 nitrogen and oxygen atoms in total. The van der Waals surface area contributed by atoms with Crippen LogP contribution in [0.5, 0.6) is 5.75 Å². The minimum atomic E-state index is 0.341. The second-order valence-electron chi connectivity index (χ2n) is 4.94. The average Bonchev–Trinajstić information content (AvgIpc) is 2.35. The SMILES string of the molecule is CN(C)C=Nc1cc2c(nc1C#N)N1CC[C@H]1CO2.